The molecule has 1 heterocycles. The summed E-state index contributed by atoms with van der Waals surface area (Å²) in [5.74, 6) is -1.50. The third-order valence-electron chi connectivity index (χ3n) is 3.58. The number of hydrazine groups is 1. The molecule has 1 saturated heterocycles. The number of hydrogen-bond acceptors (Lipinski definition) is 7. The largest absolute Gasteiger partial charge is 0.481 e. The molecule has 0 aliphatic carbocycles. The molecule has 2 amide bonds. The van der Waals surface area contributed by atoms with Crippen LogP contribution in [0.3, 0.4) is 0 Å². The molecule has 2 rings (SSSR count). The van der Waals surface area contributed by atoms with Crippen LogP contribution in [0.25, 0.3) is 0 Å². The fourth-order valence-electron chi connectivity index (χ4n) is 2.21. The van der Waals surface area contributed by atoms with Gasteiger partial charge in [0.1, 0.15) is 11.5 Å². The van der Waals surface area contributed by atoms with E-state index in [-0.39, 0.29) is 36.2 Å². The molecular weight excluding hydrogens is 360 g/mol. The van der Waals surface area contributed by atoms with E-state index in [2.05, 4.69) is 21.5 Å². The van der Waals surface area contributed by atoms with Crippen LogP contribution in [-0.2, 0) is 14.4 Å². The molecule has 1 fully saturated rings. The van der Waals surface area contributed by atoms with Gasteiger partial charge in [-0.15, -0.1) is 11.8 Å². The number of carbonyl (C=O) groups excluding carboxylic acids is 3. The van der Waals surface area contributed by atoms with Crippen LogP contribution in [0.2, 0.25) is 0 Å². The van der Waals surface area contributed by atoms with E-state index in [1.807, 2.05) is 0 Å². The molecule has 0 aromatic heterocycles. The summed E-state index contributed by atoms with van der Waals surface area (Å²) < 4.78 is 0. The van der Waals surface area contributed by atoms with Gasteiger partial charge in [-0.25, -0.2) is 10.9 Å². The number of thioether (sulfide) groups is 1. The molecule has 1 aliphatic rings. The number of benzene rings is 1. The Bertz CT molecular complexity index is 694. The number of Topliss-reactive ketones (excluding diaryl/α,β-unsaturated/α-hetero) is 1. The zero-order chi connectivity index (χ0) is 19.1. The van der Waals surface area contributed by atoms with Gasteiger partial charge in [0.15, 0.2) is 5.78 Å². The van der Waals surface area contributed by atoms with Crippen molar-refractivity contribution in [1.29, 1.82) is 0 Å². The summed E-state index contributed by atoms with van der Waals surface area (Å²) in [4.78, 5) is 45.6. The van der Waals surface area contributed by atoms with E-state index in [9.17, 15) is 19.2 Å². The van der Waals surface area contributed by atoms with Crippen molar-refractivity contribution >= 4 is 41.0 Å². The number of amides is 2. The average molecular weight is 380 g/mol. The third kappa shape index (κ3) is 6.14. The highest BCUT2D eigenvalue weighted by Crippen LogP contribution is 2.13. The Morgan fingerprint density at radius 3 is 2.46 bits per heavy atom. The lowest BCUT2D eigenvalue weighted by Crippen LogP contribution is -2.64. The minimum atomic E-state index is -0.968. The minimum absolute atomic E-state index is 0.0493. The van der Waals surface area contributed by atoms with Crippen molar-refractivity contribution in [2.45, 2.75) is 31.3 Å². The summed E-state index contributed by atoms with van der Waals surface area (Å²) in [7, 11) is 0. The Hall–Kier alpha value is -2.43. The van der Waals surface area contributed by atoms with Gasteiger partial charge in [0, 0.05) is 17.7 Å². The lowest BCUT2D eigenvalue weighted by atomic mass is 10.1. The first-order valence-corrected chi connectivity index (χ1v) is 8.95. The summed E-state index contributed by atoms with van der Waals surface area (Å²) in [6.07, 6.45) is 0.0533. The fraction of sp³-hybridized carbons (Fsp3) is 0.375. The Labute approximate surface area is 154 Å². The maximum Gasteiger partial charge on any atom is 0.303 e. The molecule has 2 atom stereocenters. The van der Waals surface area contributed by atoms with Gasteiger partial charge in [-0.05, 0) is 37.6 Å². The van der Waals surface area contributed by atoms with Crippen molar-refractivity contribution in [3.63, 3.8) is 0 Å². The standard InChI is InChI=1S/C16H20N4O5S/c1-9(21)10-2-4-11(5-3-10)17-13(22)8-26-16-18-15(25)12(19-20-16)6-7-14(23)24/h2-5,12,16,19-20H,6-8H2,1H3,(H,17,22)(H,18,25)(H,23,24). The summed E-state index contributed by atoms with van der Waals surface area (Å²) in [5, 5.41) is 14.0. The predicted octanol–water partition coefficient (Wildman–Crippen LogP) is 0.302. The van der Waals surface area contributed by atoms with Gasteiger partial charge in [0.25, 0.3) is 0 Å². The highest BCUT2D eigenvalue weighted by molar-refractivity contribution is 8.00. The number of hydrogen-bond donors (Lipinski definition) is 5. The van der Waals surface area contributed by atoms with Gasteiger partial charge in [-0.3, -0.25) is 19.2 Å². The molecule has 140 valence electrons. The number of rotatable bonds is 8. The van der Waals surface area contributed by atoms with Gasteiger partial charge < -0.3 is 15.7 Å². The molecular formula is C16H20N4O5S. The van der Waals surface area contributed by atoms with Crippen molar-refractivity contribution in [3.05, 3.63) is 29.8 Å². The van der Waals surface area contributed by atoms with Gasteiger partial charge in [-0.1, -0.05) is 0 Å². The molecule has 2 unspecified atom stereocenters. The highest BCUT2D eigenvalue weighted by Gasteiger charge is 2.27. The summed E-state index contributed by atoms with van der Waals surface area (Å²) >= 11 is 1.17. The number of carboxylic acids is 1. The lowest BCUT2D eigenvalue weighted by molar-refractivity contribution is -0.137. The van der Waals surface area contributed by atoms with Gasteiger partial charge in [0.2, 0.25) is 11.8 Å². The fourth-order valence-corrected chi connectivity index (χ4v) is 2.95. The Kier molecular flexibility index (Phi) is 7.13. The molecule has 0 bridgehead atoms. The van der Waals surface area contributed by atoms with Crippen molar-refractivity contribution in [3.8, 4) is 0 Å². The van der Waals surface area contributed by atoms with Crippen LogP contribution in [0, 0.1) is 0 Å². The normalized spacial score (nSPS) is 19.5. The molecule has 5 N–H and O–H groups in total. The second kappa shape index (κ2) is 9.32. The summed E-state index contributed by atoms with van der Waals surface area (Å²) in [6, 6.07) is 5.93. The van der Waals surface area contributed by atoms with Crippen LogP contribution in [0.1, 0.15) is 30.1 Å². The van der Waals surface area contributed by atoms with Crippen molar-refractivity contribution in [2.24, 2.45) is 0 Å². The molecule has 0 radical (unpaired) electrons. The second-order valence-electron chi connectivity index (χ2n) is 5.66. The first kappa shape index (κ1) is 19.9. The third-order valence-corrected chi connectivity index (χ3v) is 4.58. The Morgan fingerprint density at radius 1 is 1.19 bits per heavy atom. The van der Waals surface area contributed by atoms with E-state index in [4.69, 9.17) is 5.11 Å². The second-order valence-corrected chi connectivity index (χ2v) is 6.75. The minimum Gasteiger partial charge on any atom is -0.481 e. The summed E-state index contributed by atoms with van der Waals surface area (Å²) in [6.45, 7) is 1.47. The van der Waals surface area contributed by atoms with Crippen molar-refractivity contribution in [1.82, 2.24) is 16.2 Å². The van der Waals surface area contributed by atoms with E-state index >= 15 is 0 Å². The first-order chi connectivity index (χ1) is 12.3. The van der Waals surface area contributed by atoms with Crippen molar-refractivity contribution in [2.75, 3.05) is 11.1 Å². The average Bonchev–Trinajstić information content (AvgIpc) is 2.59. The van der Waals surface area contributed by atoms with E-state index in [1.54, 1.807) is 24.3 Å². The Morgan fingerprint density at radius 2 is 1.88 bits per heavy atom. The van der Waals surface area contributed by atoms with E-state index < -0.39 is 17.5 Å². The number of nitrogens with one attached hydrogen (secondary N) is 4. The molecule has 1 aliphatic heterocycles. The molecule has 1 aromatic rings. The van der Waals surface area contributed by atoms with Crippen LogP contribution in [0.4, 0.5) is 5.69 Å². The maximum atomic E-state index is 12.0. The number of carbonyl (C=O) groups is 4. The SMILES string of the molecule is CC(=O)c1ccc(NC(=O)CSC2NNC(CCC(=O)O)C(=O)N2)cc1. The zero-order valence-electron chi connectivity index (χ0n) is 14.1. The van der Waals surface area contributed by atoms with Crippen LogP contribution in [0.5, 0.6) is 0 Å². The quantitative estimate of drug-likeness (QED) is 0.406. The number of anilines is 1. The smallest absolute Gasteiger partial charge is 0.303 e. The maximum absolute atomic E-state index is 12.0. The van der Waals surface area contributed by atoms with Crippen LogP contribution in [-0.4, -0.2) is 46.0 Å². The number of carboxylic acid groups (broad SMARTS) is 1. The topological polar surface area (TPSA) is 137 Å². The summed E-state index contributed by atoms with van der Waals surface area (Å²) in [5.41, 5.74) is 6.22. The van der Waals surface area contributed by atoms with Gasteiger partial charge in [-0.2, -0.15) is 0 Å². The lowest BCUT2D eigenvalue weighted by Gasteiger charge is -2.30. The van der Waals surface area contributed by atoms with Crippen LogP contribution < -0.4 is 21.5 Å². The first-order valence-electron chi connectivity index (χ1n) is 7.91. The number of aliphatic carboxylic acids is 1. The predicted molar refractivity (Wildman–Crippen MR) is 96.4 cm³/mol. The Balaban J connectivity index is 1.73. The van der Waals surface area contributed by atoms with E-state index in [0.717, 1.165) is 0 Å². The molecule has 1 aromatic carbocycles. The molecule has 26 heavy (non-hydrogen) atoms. The van der Waals surface area contributed by atoms with E-state index in [0.29, 0.717) is 11.3 Å². The van der Waals surface area contributed by atoms with Gasteiger partial charge >= 0.3 is 5.97 Å². The number of ketones is 1. The molecule has 10 heteroatoms. The monoisotopic (exact) mass is 380 g/mol. The zero-order valence-corrected chi connectivity index (χ0v) is 14.9. The van der Waals surface area contributed by atoms with Gasteiger partial charge in [0.05, 0.1) is 5.75 Å². The molecule has 0 saturated carbocycles. The highest BCUT2D eigenvalue weighted by atomic mass is 32.2. The van der Waals surface area contributed by atoms with Crippen LogP contribution >= 0.6 is 11.8 Å². The molecule has 0 spiro atoms. The van der Waals surface area contributed by atoms with Crippen molar-refractivity contribution < 1.29 is 24.3 Å². The van der Waals surface area contributed by atoms with E-state index in [1.165, 1.54) is 18.7 Å². The van der Waals surface area contributed by atoms with Crippen LogP contribution in [0.15, 0.2) is 24.3 Å². The molecule has 9 nitrogen and oxygen atoms in total.